The van der Waals surface area contributed by atoms with Crippen molar-refractivity contribution in [2.75, 3.05) is 5.32 Å². The Labute approximate surface area is 115 Å². The minimum absolute atomic E-state index is 0.335. The fourth-order valence-corrected chi connectivity index (χ4v) is 1.46. The standard InChI is InChI=1S/C11H7F3N4O3/c12-5-1-6(13)10(14)7(2-5)15-9(19)4-18-3-8(11(20)21)16-17-18/h1-3H,4H2,(H,15,19)(H,20,21). The van der Waals surface area contributed by atoms with Crippen LogP contribution in [0.15, 0.2) is 18.3 Å². The van der Waals surface area contributed by atoms with Crippen LogP contribution in [0.2, 0.25) is 0 Å². The number of benzene rings is 1. The summed E-state index contributed by atoms with van der Waals surface area (Å²) in [6, 6.07) is 0.946. The van der Waals surface area contributed by atoms with Gasteiger partial charge in [0, 0.05) is 12.1 Å². The predicted octanol–water partition coefficient (Wildman–Crippen LogP) is 1.03. The molecule has 1 aromatic carbocycles. The number of rotatable bonds is 4. The number of hydrogen-bond donors (Lipinski definition) is 2. The summed E-state index contributed by atoms with van der Waals surface area (Å²) in [5.41, 5.74) is -1.05. The van der Waals surface area contributed by atoms with Gasteiger partial charge in [0.2, 0.25) is 5.91 Å². The van der Waals surface area contributed by atoms with E-state index in [-0.39, 0.29) is 5.69 Å². The van der Waals surface area contributed by atoms with Gasteiger partial charge in [0.1, 0.15) is 12.4 Å². The van der Waals surface area contributed by atoms with Crippen molar-refractivity contribution in [2.45, 2.75) is 6.54 Å². The zero-order valence-corrected chi connectivity index (χ0v) is 10.2. The van der Waals surface area contributed by atoms with Gasteiger partial charge in [0.25, 0.3) is 0 Å². The molecule has 0 atom stereocenters. The molecule has 0 aliphatic carbocycles. The minimum atomic E-state index is -1.45. The summed E-state index contributed by atoms with van der Waals surface area (Å²) in [6.45, 7) is -0.502. The predicted molar refractivity (Wildman–Crippen MR) is 61.9 cm³/mol. The molecule has 0 saturated heterocycles. The number of hydrogen-bond acceptors (Lipinski definition) is 4. The number of carboxylic acid groups (broad SMARTS) is 1. The average Bonchev–Trinajstić information content (AvgIpc) is 2.83. The smallest absolute Gasteiger partial charge is 0.358 e. The average molecular weight is 300 g/mol. The van der Waals surface area contributed by atoms with Gasteiger partial charge in [-0.15, -0.1) is 5.10 Å². The van der Waals surface area contributed by atoms with E-state index in [4.69, 9.17) is 5.11 Å². The van der Waals surface area contributed by atoms with Crippen molar-refractivity contribution in [3.63, 3.8) is 0 Å². The lowest BCUT2D eigenvalue weighted by Crippen LogP contribution is -2.20. The lowest BCUT2D eigenvalue weighted by atomic mass is 10.2. The van der Waals surface area contributed by atoms with E-state index in [0.29, 0.717) is 12.1 Å². The fourth-order valence-electron chi connectivity index (χ4n) is 1.46. The molecule has 21 heavy (non-hydrogen) atoms. The first-order valence-corrected chi connectivity index (χ1v) is 5.44. The molecule has 0 radical (unpaired) electrons. The molecule has 0 aliphatic rings. The third-order valence-electron chi connectivity index (χ3n) is 2.33. The topological polar surface area (TPSA) is 97.1 Å². The van der Waals surface area contributed by atoms with Crippen LogP contribution in [0.3, 0.4) is 0 Å². The number of carboxylic acids is 1. The number of halogens is 3. The Hall–Kier alpha value is -2.91. The van der Waals surface area contributed by atoms with Crippen molar-refractivity contribution in [2.24, 2.45) is 0 Å². The number of carbonyl (C=O) groups is 2. The molecule has 2 rings (SSSR count). The number of aromatic nitrogens is 3. The molecule has 1 aromatic heterocycles. The van der Waals surface area contributed by atoms with Gasteiger partial charge in [-0.1, -0.05) is 5.21 Å². The van der Waals surface area contributed by atoms with Crippen molar-refractivity contribution in [1.82, 2.24) is 15.0 Å². The lowest BCUT2D eigenvalue weighted by molar-refractivity contribution is -0.117. The van der Waals surface area contributed by atoms with E-state index >= 15 is 0 Å². The van der Waals surface area contributed by atoms with E-state index in [1.165, 1.54) is 0 Å². The zero-order chi connectivity index (χ0) is 15.6. The molecule has 0 spiro atoms. The third-order valence-corrected chi connectivity index (χ3v) is 2.33. The molecule has 0 unspecified atom stereocenters. The second-order valence-electron chi connectivity index (χ2n) is 3.90. The first kappa shape index (κ1) is 14.5. The van der Waals surface area contributed by atoms with Gasteiger partial charge in [-0.05, 0) is 0 Å². The SMILES string of the molecule is O=C(Cn1cc(C(=O)O)nn1)Nc1cc(F)cc(F)c1F. The van der Waals surface area contributed by atoms with Crippen LogP contribution in [0.25, 0.3) is 0 Å². The van der Waals surface area contributed by atoms with Gasteiger partial charge in [-0.2, -0.15) is 0 Å². The molecule has 110 valence electrons. The number of anilines is 1. The van der Waals surface area contributed by atoms with E-state index in [0.717, 1.165) is 10.9 Å². The Morgan fingerprint density at radius 1 is 1.29 bits per heavy atom. The summed E-state index contributed by atoms with van der Waals surface area (Å²) in [4.78, 5) is 22.1. The molecule has 2 N–H and O–H groups in total. The first-order valence-electron chi connectivity index (χ1n) is 5.44. The second kappa shape index (κ2) is 5.61. The van der Waals surface area contributed by atoms with Crippen LogP contribution in [-0.2, 0) is 11.3 Å². The lowest BCUT2D eigenvalue weighted by Gasteiger charge is -2.07. The van der Waals surface area contributed by atoms with Crippen molar-refractivity contribution >= 4 is 17.6 Å². The van der Waals surface area contributed by atoms with Crippen LogP contribution >= 0.6 is 0 Å². The minimum Gasteiger partial charge on any atom is -0.476 e. The quantitative estimate of drug-likeness (QED) is 0.822. The summed E-state index contributed by atoms with van der Waals surface area (Å²) < 4.78 is 40.1. The largest absolute Gasteiger partial charge is 0.476 e. The van der Waals surface area contributed by atoms with Gasteiger partial charge in [0.15, 0.2) is 17.3 Å². The van der Waals surface area contributed by atoms with Crippen molar-refractivity contribution in [1.29, 1.82) is 0 Å². The summed E-state index contributed by atoms with van der Waals surface area (Å²) in [5, 5.41) is 17.2. The van der Waals surface area contributed by atoms with Crippen LogP contribution in [-0.4, -0.2) is 32.0 Å². The van der Waals surface area contributed by atoms with E-state index < -0.39 is 41.6 Å². The Balaban J connectivity index is 2.09. The van der Waals surface area contributed by atoms with Gasteiger partial charge in [-0.3, -0.25) is 4.79 Å². The van der Waals surface area contributed by atoms with Crippen LogP contribution < -0.4 is 5.32 Å². The molecule has 2 aromatic rings. The molecular weight excluding hydrogens is 293 g/mol. The van der Waals surface area contributed by atoms with Gasteiger partial charge in [0.05, 0.1) is 11.9 Å². The van der Waals surface area contributed by atoms with E-state index in [1.807, 2.05) is 5.32 Å². The second-order valence-corrected chi connectivity index (χ2v) is 3.90. The Morgan fingerprint density at radius 3 is 2.62 bits per heavy atom. The highest BCUT2D eigenvalue weighted by Gasteiger charge is 2.15. The third kappa shape index (κ3) is 3.35. The van der Waals surface area contributed by atoms with Crippen molar-refractivity contribution in [3.05, 3.63) is 41.5 Å². The molecule has 0 fully saturated rings. The van der Waals surface area contributed by atoms with Gasteiger partial charge < -0.3 is 10.4 Å². The Morgan fingerprint density at radius 2 is 2.00 bits per heavy atom. The number of carbonyl (C=O) groups excluding carboxylic acids is 1. The highest BCUT2D eigenvalue weighted by atomic mass is 19.2. The summed E-state index contributed by atoms with van der Waals surface area (Å²) >= 11 is 0. The van der Waals surface area contributed by atoms with E-state index in [9.17, 15) is 22.8 Å². The molecule has 10 heteroatoms. The normalized spacial score (nSPS) is 10.4. The summed E-state index contributed by atoms with van der Waals surface area (Å²) in [5.74, 6) is -6.10. The number of amides is 1. The summed E-state index contributed by atoms with van der Waals surface area (Å²) in [6.07, 6.45) is 0.977. The number of aromatic carboxylic acids is 1. The number of nitrogens with one attached hydrogen (secondary N) is 1. The first-order chi connectivity index (χ1) is 9.86. The van der Waals surface area contributed by atoms with Crippen molar-refractivity contribution < 1.29 is 27.9 Å². The number of nitrogens with zero attached hydrogens (tertiary/aromatic N) is 3. The molecule has 0 saturated carbocycles. The maximum atomic E-state index is 13.3. The maximum Gasteiger partial charge on any atom is 0.358 e. The molecular formula is C11H7F3N4O3. The highest BCUT2D eigenvalue weighted by Crippen LogP contribution is 2.19. The fraction of sp³-hybridized carbons (Fsp3) is 0.0909. The summed E-state index contributed by atoms with van der Waals surface area (Å²) in [7, 11) is 0. The van der Waals surface area contributed by atoms with Gasteiger partial charge in [-0.25, -0.2) is 22.6 Å². The van der Waals surface area contributed by atoms with E-state index in [1.54, 1.807) is 0 Å². The van der Waals surface area contributed by atoms with Crippen LogP contribution in [0.1, 0.15) is 10.5 Å². The molecule has 1 amide bonds. The Kier molecular flexibility index (Phi) is 3.87. The molecule has 0 bridgehead atoms. The molecule has 1 heterocycles. The highest BCUT2D eigenvalue weighted by molar-refractivity contribution is 5.90. The van der Waals surface area contributed by atoms with Crippen LogP contribution in [0.4, 0.5) is 18.9 Å². The molecule has 7 nitrogen and oxygen atoms in total. The Bertz CT molecular complexity index is 717. The van der Waals surface area contributed by atoms with E-state index in [2.05, 4.69) is 10.3 Å². The van der Waals surface area contributed by atoms with Crippen LogP contribution in [0.5, 0.6) is 0 Å². The molecule has 0 aliphatic heterocycles. The monoisotopic (exact) mass is 300 g/mol. The van der Waals surface area contributed by atoms with Gasteiger partial charge >= 0.3 is 5.97 Å². The maximum absolute atomic E-state index is 13.3. The van der Waals surface area contributed by atoms with Crippen LogP contribution in [0, 0.1) is 17.5 Å². The van der Waals surface area contributed by atoms with Crippen molar-refractivity contribution in [3.8, 4) is 0 Å². The zero-order valence-electron chi connectivity index (χ0n) is 10.2.